The summed E-state index contributed by atoms with van der Waals surface area (Å²) in [6.45, 7) is 4.74. The molecule has 1 unspecified atom stereocenters. The molecule has 1 aromatic heterocycles. The van der Waals surface area contributed by atoms with Crippen LogP contribution in [0.15, 0.2) is 18.3 Å². The van der Waals surface area contributed by atoms with Crippen LogP contribution in [0.1, 0.15) is 18.7 Å². The topological polar surface area (TPSA) is 80.8 Å². The van der Waals surface area contributed by atoms with Gasteiger partial charge in [-0.15, -0.1) is 0 Å². The first-order valence-corrected chi connectivity index (χ1v) is 5.97. The maximum absolute atomic E-state index is 11.4. The van der Waals surface area contributed by atoms with E-state index in [1.54, 1.807) is 31.1 Å². The van der Waals surface area contributed by atoms with Gasteiger partial charge in [-0.2, -0.15) is 0 Å². The van der Waals surface area contributed by atoms with Crippen LogP contribution in [0, 0.1) is 6.92 Å². The lowest BCUT2D eigenvalue weighted by Gasteiger charge is -2.25. The van der Waals surface area contributed by atoms with E-state index in [1.165, 1.54) is 13.1 Å². The van der Waals surface area contributed by atoms with Crippen molar-refractivity contribution < 1.29 is 19.1 Å². The van der Waals surface area contributed by atoms with Crippen LogP contribution in [-0.2, 0) is 14.3 Å². The highest BCUT2D eigenvalue weighted by Gasteiger charge is 2.22. The highest BCUT2D eigenvalue weighted by molar-refractivity contribution is 5.84. The molecule has 0 fully saturated rings. The zero-order valence-electron chi connectivity index (χ0n) is 11.8. The standard InChI is InChI=1S/C13H18N3O4/c1-5-19-13(18)15-11-10(7-6-8-14-11)12(16(3)4)20-9(2)17/h6-8,12H,1,5H2,2-4H3,(H,14,15,18). The van der Waals surface area contributed by atoms with E-state index in [2.05, 4.69) is 17.2 Å². The predicted molar refractivity (Wildman–Crippen MR) is 72.8 cm³/mol. The lowest BCUT2D eigenvalue weighted by Crippen LogP contribution is -2.26. The average molecular weight is 280 g/mol. The van der Waals surface area contributed by atoms with Gasteiger partial charge in [0.1, 0.15) is 5.82 Å². The molecule has 1 amide bonds. The average Bonchev–Trinajstić information content (AvgIpc) is 2.36. The molecule has 1 N–H and O–H groups in total. The second-order valence-corrected chi connectivity index (χ2v) is 4.13. The number of ether oxygens (including phenoxy) is 2. The number of aromatic nitrogens is 1. The largest absolute Gasteiger partial charge is 0.449 e. The number of hydrogen-bond acceptors (Lipinski definition) is 6. The van der Waals surface area contributed by atoms with Crippen LogP contribution in [0.25, 0.3) is 0 Å². The van der Waals surface area contributed by atoms with Crippen molar-refractivity contribution in [3.8, 4) is 0 Å². The summed E-state index contributed by atoms with van der Waals surface area (Å²) < 4.78 is 9.92. The summed E-state index contributed by atoms with van der Waals surface area (Å²) in [4.78, 5) is 28.4. The minimum atomic E-state index is -0.666. The van der Waals surface area contributed by atoms with Crippen molar-refractivity contribution in [3.63, 3.8) is 0 Å². The number of nitrogens with one attached hydrogen (secondary N) is 1. The van der Waals surface area contributed by atoms with E-state index in [-0.39, 0.29) is 12.4 Å². The molecule has 1 radical (unpaired) electrons. The van der Waals surface area contributed by atoms with E-state index in [0.717, 1.165) is 0 Å². The summed E-state index contributed by atoms with van der Waals surface area (Å²) in [5.41, 5.74) is 0.550. The number of pyridine rings is 1. The Kier molecular flexibility index (Phi) is 5.92. The van der Waals surface area contributed by atoms with E-state index in [9.17, 15) is 9.59 Å². The van der Waals surface area contributed by atoms with Gasteiger partial charge >= 0.3 is 12.1 Å². The Labute approximate surface area is 117 Å². The van der Waals surface area contributed by atoms with Gasteiger partial charge in [0.15, 0.2) is 6.23 Å². The van der Waals surface area contributed by atoms with Crippen LogP contribution in [0.5, 0.6) is 0 Å². The number of hydrogen-bond donors (Lipinski definition) is 1. The van der Waals surface area contributed by atoms with Gasteiger partial charge in [0.2, 0.25) is 0 Å². The maximum atomic E-state index is 11.4. The second-order valence-electron chi connectivity index (χ2n) is 4.13. The number of carbonyl (C=O) groups excluding carboxylic acids is 2. The molecule has 0 aliphatic heterocycles. The molecule has 20 heavy (non-hydrogen) atoms. The van der Waals surface area contributed by atoms with Crippen molar-refractivity contribution in [2.45, 2.75) is 13.2 Å². The summed E-state index contributed by atoms with van der Waals surface area (Å²) in [5.74, 6) is -0.162. The summed E-state index contributed by atoms with van der Waals surface area (Å²) in [6.07, 6.45) is 0.195. The van der Waals surface area contributed by atoms with E-state index in [4.69, 9.17) is 9.47 Å². The lowest BCUT2D eigenvalue weighted by molar-refractivity contribution is -0.154. The van der Waals surface area contributed by atoms with E-state index in [0.29, 0.717) is 5.56 Å². The number of rotatable bonds is 5. The van der Waals surface area contributed by atoms with E-state index >= 15 is 0 Å². The molecule has 1 atom stereocenters. The number of amides is 1. The Morgan fingerprint density at radius 3 is 2.75 bits per heavy atom. The van der Waals surface area contributed by atoms with Crippen molar-refractivity contribution in [2.75, 3.05) is 26.0 Å². The minimum absolute atomic E-state index is 0.00898. The molecule has 0 aliphatic carbocycles. The van der Waals surface area contributed by atoms with Crippen LogP contribution in [0.2, 0.25) is 0 Å². The Hall–Kier alpha value is -2.15. The quantitative estimate of drug-likeness (QED) is 0.651. The van der Waals surface area contributed by atoms with Gasteiger partial charge in [0.05, 0.1) is 12.2 Å². The minimum Gasteiger partial charge on any atom is -0.449 e. The summed E-state index contributed by atoms with van der Waals surface area (Å²) in [7, 11) is 3.50. The van der Waals surface area contributed by atoms with Gasteiger partial charge in [-0.3, -0.25) is 15.0 Å². The SMILES string of the molecule is [CH2]COC(=O)Nc1ncccc1C(OC(C)=O)N(C)C. The molecular formula is C13H18N3O4. The van der Waals surface area contributed by atoms with Crippen molar-refractivity contribution in [3.05, 3.63) is 30.8 Å². The van der Waals surface area contributed by atoms with Crippen molar-refractivity contribution in [1.82, 2.24) is 9.88 Å². The summed E-state index contributed by atoms with van der Waals surface area (Å²) in [6, 6.07) is 3.40. The Morgan fingerprint density at radius 1 is 1.50 bits per heavy atom. The molecular weight excluding hydrogens is 262 g/mol. The molecule has 1 aromatic rings. The van der Waals surface area contributed by atoms with Crippen molar-refractivity contribution in [1.29, 1.82) is 0 Å². The molecule has 0 saturated heterocycles. The highest BCUT2D eigenvalue weighted by Crippen LogP contribution is 2.25. The van der Waals surface area contributed by atoms with Gasteiger partial charge < -0.3 is 9.47 Å². The van der Waals surface area contributed by atoms with Crippen LogP contribution in [0.3, 0.4) is 0 Å². The van der Waals surface area contributed by atoms with Crippen molar-refractivity contribution in [2.24, 2.45) is 0 Å². The van der Waals surface area contributed by atoms with Crippen molar-refractivity contribution >= 4 is 17.9 Å². The zero-order valence-corrected chi connectivity index (χ0v) is 11.8. The Bertz CT molecular complexity index is 476. The fourth-order valence-corrected chi connectivity index (χ4v) is 1.55. The molecule has 0 saturated carbocycles. The van der Waals surface area contributed by atoms with Crippen LogP contribution in [-0.4, -0.2) is 42.6 Å². The fourth-order valence-electron chi connectivity index (χ4n) is 1.55. The van der Waals surface area contributed by atoms with Gasteiger partial charge in [-0.25, -0.2) is 9.78 Å². The van der Waals surface area contributed by atoms with Crippen LogP contribution in [0.4, 0.5) is 10.6 Å². The van der Waals surface area contributed by atoms with Gasteiger partial charge in [0, 0.05) is 13.1 Å². The maximum Gasteiger partial charge on any atom is 0.412 e. The molecule has 0 aliphatic rings. The molecule has 7 heteroatoms. The van der Waals surface area contributed by atoms with Crippen LogP contribution < -0.4 is 5.32 Å². The number of carbonyl (C=O) groups is 2. The molecule has 1 rings (SSSR count). The molecule has 109 valence electrons. The van der Waals surface area contributed by atoms with E-state index in [1.807, 2.05) is 0 Å². The van der Waals surface area contributed by atoms with Crippen LogP contribution >= 0.6 is 0 Å². The molecule has 1 heterocycles. The molecule has 0 bridgehead atoms. The lowest BCUT2D eigenvalue weighted by atomic mass is 10.2. The molecule has 7 nitrogen and oxygen atoms in total. The number of esters is 1. The van der Waals surface area contributed by atoms with Gasteiger partial charge in [0.25, 0.3) is 0 Å². The zero-order chi connectivity index (χ0) is 15.1. The monoisotopic (exact) mass is 280 g/mol. The third-order valence-electron chi connectivity index (χ3n) is 2.31. The number of nitrogens with zero attached hydrogens (tertiary/aromatic N) is 2. The second kappa shape index (κ2) is 7.44. The Balaban J connectivity index is 3.02. The predicted octanol–water partition coefficient (Wildman–Crippen LogP) is 1.59. The Morgan fingerprint density at radius 2 is 2.20 bits per heavy atom. The molecule has 0 aromatic carbocycles. The third kappa shape index (κ3) is 4.51. The first-order chi connectivity index (χ1) is 9.45. The summed E-state index contributed by atoms with van der Waals surface area (Å²) >= 11 is 0. The van der Waals surface area contributed by atoms with Gasteiger partial charge in [-0.05, 0) is 33.2 Å². The first-order valence-electron chi connectivity index (χ1n) is 5.97. The number of anilines is 1. The van der Waals surface area contributed by atoms with Gasteiger partial charge in [-0.1, -0.05) is 0 Å². The highest BCUT2D eigenvalue weighted by atomic mass is 16.6. The normalized spacial score (nSPS) is 11.8. The third-order valence-corrected chi connectivity index (χ3v) is 2.31. The van der Waals surface area contributed by atoms with E-state index < -0.39 is 18.3 Å². The molecule has 0 spiro atoms. The summed E-state index contributed by atoms with van der Waals surface area (Å²) in [5, 5.41) is 2.49. The smallest absolute Gasteiger partial charge is 0.412 e. The first kappa shape index (κ1) is 15.9. The fraction of sp³-hybridized carbons (Fsp3) is 0.385.